The van der Waals surface area contributed by atoms with E-state index in [9.17, 15) is 4.79 Å². The Hall–Kier alpha value is -1.39. The predicted octanol–water partition coefficient (Wildman–Crippen LogP) is 3.08. The van der Waals surface area contributed by atoms with Crippen LogP contribution in [0.2, 0.25) is 0 Å². The van der Waals surface area contributed by atoms with Crippen LogP contribution in [0.15, 0.2) is 29.3 Å². The van der Waals surface area contributed by atoms with Gasteiger partial charge in [-0.2, -0.15) is 0 Å². The van der Waals surface area contributed by atoms with Crippen LogP contribution in [0.25, 0.3) is 0 Å². The highest BCUT2D eigenvalue weighted by atomic mass is 127. The first-order chi connectivity index (χ1) is 15.7. The first-order valence-corrected chi connectivity index (χ1v) is 12.5. The minimum absolute atomic E-state index is 0. The molecule has 0 aliphatic carbocycles. The molecule has 1 amide bonds. The molecule has 8 heteroatoms. The number of aliphatic imine (C=N–C) groups is 1. The Morgan fingerprint density at radius 1 is 1.00 bits per heavy atom. The lowest BCUT2D eigenvalue weighted by Crippen LogP contribution is -2.55. The molecular weight excluding hydrogens is 529 g/mol. The number of hydrogen-bond acceptors (Lipinski definition) is 4. The van der Waals surface area contributed by atoms with Crippen LogP contribution in [-0.2, 0) is 22.6 Å². The van der Waals surface area contributed by atoms with Crippen LogP contribution >= 0.6 is 24.0 Å². The minimum Gasteiger partial charge on any atom is -0.368 e. The van der Waals surface area contributed by atoms with Crippen LogP contribution in [0.1, 0.15) is 50.2 Å². The summed E-state index contributed by atoms with van der Waals surface area (Å²) in [4.78, 5) is 24.5. The number of likely N-dealkylation sites (tertiary alicyclic amines) is 1. The maximum absolute atomic E-state index is 12.6. The van der Waals surface area contributed by atoms with Gasteiger partial charge in [-0.05, 0) is 56.8 Å². The number of carbonyl (C=O) groups excluding carboxylic acids is 1. The Kier molecular flexibility index (Phi) is 10.7. The molecule has 0 radical (unpaired) electrons. The molecule has 33 heavy (non-hydrogen) atoms. The van der Waals surface area contributed by atoms with Gasteiger partial charge in [0.25, 0.3) is 5.91 Å². The van der Waals surface area contributed by atoms with Crippen molar-refractivity contribution >= 4 is 35.8 Å². The molecule has 1 aromatic rings. The fraction of sp³-hybridized carbons (Fsp3) is 0.680. The van der Waals surface area contributed by atoms with Gasteiger partial charge in [-0.15, -0.1) is 24.0 Å². The van der Waals surface area contributed by atoms with Gasteiger partial charge < -0.3 is 19.9 Å². The number of ether oxygens (including phenoxy) is 1. The molecule has 3 fully saturated rings. The molecule has 4 rings (SSSR count). The molecule has 1 unspecified atom stereocenters. The van der Waals surface area contributed by atoms with Gasteiger partial charge in [-0.1, -0.05) is 30.7 Å². The molecule has 1 N–H and O–H groups in total. The second-order valence-electron chi connectivity index (χ2n) is 9.09. The lowest BCUT2D eigenvalue weighted by molar-refractivity contribution is -0.142. The van der Waals surface area contributed by atoms with Gasteiger partial charge in [0.15, 0.2) is 5.96 Å². The third-order valence-corrected chi connectivity index (χ3v) is 6.79. The molecular formula is C25H40IN5O2. The minimum atomic E-state index is -0.222. The van der Waals surface area contributed by atoms with Gasteiger partial charge in [-0.3, -0.25) is 9.69 Å². The highest BCUT2D eigenvalue weighted by molar-refractivity contribution is 14.0. The van der Waals surface area contributed by atoms with Crippen molar-refractivity contribution in [2.75, 3.05) is 52.4 Å². The lowest BCUT2D eigenvalue weighted by Gasteiger charge is -2.37. The molecule has 0 saturated carbocycles. The maximum atomic E-state index is 12.6. The standard InChI is InChI=1S/C25H39N5O2.HI/c1-2-26-25(30-16-14-29(15-17-30)24(31)23-11-8-18-32-23)27-19-21-9-4-5-10-22(21)20-28-12-6-3-7-13-28;/h4-5,9-10,23H,2-3,6-8,11-20H2,1H3,(H,26,27);1H. The molecule has 3 aliphatic heterocycles. The normalized spacial score (nSPS) is 22.2. The molecule has 7 nitrogen and oxygen atoms in total. The average Bonchev–Trinajstić information content (AvgIpc) is 3.38. The number of nitrogens with one attached hydrogen (secondary N) is 1. The van der Waals surface area contributed by atoms with Crippen molar-refractivity contribution in [3.63, 3.8) is 0 Å². The second kappa shape index (κ2) is 13.5. The zero-order chi connectivity index (χ0) is 22.2. The van der Waals surface area contributed by atoms with Crippen molar-refractivity contribution in [1.82, 2.24) is 20.0 Å². The summed E-state index contributed by atoms with van der Waals surface area (Å²) in [5.74, 6) is 1.11. The fourth-order valence-corrected chi connectivity index (χ4v) is 4.92. The number of hydrogen-bond donors (Lipinski definition) is 1. The topological polar surface area (TPSA) is 60.4 Å². The van der Waals surface area contributed by atoms with Gasteiger partial charge in [0, 0.05) is 45.9 Å². The molecule has 184 valence electrons. The number of piperidine rings is 1. The number of guanidine groups is 1. The Balaban J connectivity index is 0.00000306. The van der Waals surface area contributed by atoms with Crippen LogP contribution in [0.3, 0.4) is 0 Å². The second-order valence-corrected chi connectivity index (χ2v) is 9.09. The van der Waals surface area contributed by atoms with Crippen molar-refractivity contribution in [2.45, 2.75) is 58.2 Å². The lowest BCUT2D eigenvalue weighted by atomic mass is 10.1. The number of rotatable bonds is 6. The predicted molar refractivity (Wildman–Crippen MR) is 143 cm³/mol. The van der Waals surface area contributed by atoms with Gasteiger partial charge in [0.1, 0.15) is 6.10 Å². The largest absolute Gasteiger partial charge is 0.368 e. The Morgan fingerprint density at radius 3 is 2.36 bits per heavy atom. The van der Waals surface area contributed by atoms with Crippen LogP contribution < -0.4 is 5.32 Å². The van der Waals surface area contributed by atoms with Gasteiger partial charge in [-0.25, -0.2) is 4.99 Å². The van der Waals surface area contributed by atoms with E-state index in [-0.39, 0.29) is 36.0 Å². The summed E-state index contributed by atoms with van der Waals surface area (Å²) in [6, 6.07) is 8.72. The summed E-state index contributed by atoms with van der Waals surface area (Å²) in [5.41, 5.74) is 2.70. The average molecular weight is 570 g/mol. The van der Waals surface area contributed by atoms with Gasteiger partial charge in [0.2, 0.25) is 0 Å². The third-order valence-electron chi connectivity index (χ3n) is 6.79. The number of nitrogens with zero attached hydrogens (tertiary/aromatic N) is 4. The van der Waals surface area contributed by atoms with E-state index in [1.54, 1.807) is 0 Å². The molecule has 1 aromatic carbocycles. The van der Waals surface area contributed by atoms with E-state index in [0.29, 0.717) is 13.2 Å². The number of piperazine rings is 1. The number of carbonyl (C=O) groups is 1. The van der Waals surface area contributed by atoms with Crippen molar-refractivity contribution in [1.29, 1.82) is 0 Å². The van der Waals surface area contributed by atoms with Crippen LogP contribution in [0.4, 0.5) is 0 Å². The van der Waals surface area contributed by atoms with E-state index < -0.39 is 0 Å². The van der Waals surface area contributed by atoms with Crippen molar-refractivity contribution < 1.29 is 9.53 Å². The Morgan fingerprint density at radius 2 is 1.70 bits per heavy atom. The quantitative estimate of drug-likeness (QED) is 0.324. The maximum Gasteiger partial charge on any atom is 0.251 e. The number of amides is 1. The molecule has 3 saturated heterocycles. The van der Waals surface area contributed by atoms with E-state index in [1.165, 1.54) is 43.5 Å². The van der Waals surface area contributed by atoms with Crippen molar-refractivity contribution in [2.24, 2.45) is 4.99 Å². The highest BCUT2D eigenvalue weighted by Gasteiger charge is 2.30. The summed E-state index contributed by atoms with van der Waals surface area (Å²) in [6.07, 6.45) is 5.62. The van der Waals surface area contributed by atoms with Crippen LogP contribution in [0.5, 0.6) is 0 Å². The zero-order valence-electron chi connectivity index (χ0n) is 20.0. The zero-order valence-corrected chi connectivity index (χ0v) is 22.3. The Bertz CT molecular complexity index is 770. The van der Waals surface area contributed by atoms with Crippen LogP contribution in [-0.4, -0.2) is 85.1 Å². The molecule has 0 bridgehead atoms. The molecule has 1 atom stereocenters. The third kappa shape index (κ3) is 7.29. The summed E-state index contributed by atoms with van der Waals surface area (Å²) in [5, 5.41) is 3.46. The van der Waals surface area contributed by atoms with E-state index in [0.717, 1.165) is 58.1 Å². The first kappa shape index (κ1) is 26.2. The van der Waals surface area contributed by atoms with Crippen LogP contribution in [0, 0.1) is 0 Å². The van der Waals surface area contributed by atoms with E-state index >= 15 is 0 Å². The summed E-state index contributed by atoms with van der Waals surface area (Å²) >= 11 is 0. The molecule has 0 aromatic heterocycles. The van der Waals surface area contributed by atoms with Gasteiger partial charge >= 0.3 is 0 Å². The molecule has 3 aliphatic rings. The summed E-state index contributed by atoms with van der Waals surface area (Å²) in [7, 11) is 0. The number of halogens is 1. The van der Waals surface area contributed by atoms with E-state index in [4.69, 9.17) is 9.73 Å². The smallest absolute Gasteiger partial charge is 0.251 e. The van der Waals surface area contributed by atoms with Gasteiger partial charge in [0.05, 0.1) is 6.54 Å². The van der Waals surface area contributed by atoms with Crippen molar-refractivity contribution in [3.05, 3.63) is 35.4 Å². The monoisotopic (exact) mass is 569 g/mol. The fourth-order valence-electron chi connectivity index (χ4n) is 4.92. The van der Waals surface area contributed by atoms with E-state index in [1.807, 2.05) is 4.90 Å². The highest BCUT2D eigenvalue weighted by Crippen LogP contribution is 2.18. The molecule has 0 spiro atoms. The Labute approximate surface area is 215 Å². The number of benzene rings is 1. The molecule has 3 heterocycles. The van der Waals surface area contributed by atoms with Crippen molar-refractivity contribution in [3.8, 4) is 0 Å². The SMILES string of the molecule is CCNC(=NCc1ccccc1CN1CCCCC1)N1CCN(C(=O)C2CCCO2)CC1.I. The van der Waals surface area contributed by atoms with E-state index in [2.05, 4.69) is 46.3 Å². The summed E-state index contributed by atoms with van der Waals surface area (Å²) < 4.78 is 5.59. The first-order valence-electron chi connectivity index (χ1n) is 12.5. The summed E-state index contributed by atoms with van der Waals surface area (Å²) in [6.45, 7) is 10.8.